The number of carbonyl (C=O) groups is 1. The van der Waals surface area contributed by atoms with Crippen LogP contribution in [0.15, 0.2) is 55.1 Å². The van der Waals surface area contributed by atoms with Crippen LogP contribution in [0.4, 0.5) is 0 Å². The molecule has 1 aromatic carbocycles. The predicted octanol–water partition coefficient (Wildman–Crippen LogP) is 4.22. The average Bonchev–Trinajstić information content (AvgIpc) is 3.34. The van der Waals surface area contributed by atoms with E-state index in [4.69, 9.17) is 21.4 Å². The van der Waals surface area contributed by atoms with Crippen molar-refractivity contribution in [3.63, 3.8) is 0 Å². The third kappa shape index (κ3) is 4.03. The van der Waals surface area contributed by atoms with E-state index in [1.54, 1.807) is 21.6 Å². The number of nitrogens with zero attached hydrogens (tertiary/aromatic N) is 7. The Kier molecular flexibility index (Phi) is 5.05. The van der Waals surface area contributed by atoms with E-state index in [-0.39, 0.29) is 11.8 Å². The minimum absolute atomic E-state index is 0.0194. The number of imidazole rings is 1. The van der Waals surface area contributed by atoms with Gasteiger partial charge in [0.05, 0.1) is 11.8 Å². The Balaban J connectivity index is 1.66. The quantitative estimate of drug-likeness (QED) is 0.291. The Labute approximate surface area is 194 Å². The van der Waals surface area contributed by atoms with Gasteiger partial charge >= 0.3 is 5.97 Å². The lowest BCUT2D eigenvalue weighted by Gasteiger charge is -2.19. The van der Waals surface area contributed by atoms with Crippen LogP contribution in [0.3, 0.4) is 0 Å². The van der Waals surface area contributed by atoms with Crippen LogP contribution in [0.5, 0.6) is 0 Å². The topological polar surface area (TPSA) is 101 Å². The molecule has 0 amide bonds. The second kappa shape index (κ2) is 7.93. The molecule has 0 saturated heterocycles. The molecular formula is C23H20ClN7O2. The Morgan fingerprint density at radius 1 is 1.12 bits per heavy atom. The van der Waals surface area contributed by atoms with E-state index >= 15 is 0 Å². The summed E-state index contributed by atoms with van der Waals surface area (Å²) in [4.78, 5) is 29.8. The first kappa shape index (κ1) is 21.0. The van der Waals surface area contributed by atoms with Crippen LogP contribution in [0, 0.1) is 0 Å². The number of ether oxygens (including phenoxy) is 1. The molecule has 0 radical (unpaired) electrons. The molecule has 0 aliphatic rings. The first-order valence-electron chi connectivity index (χ1n) is 10.3. The van der Waals surface area contributed by atoms with Gasteiger partial charge in [-0.15, -0.1) is 0 Å². The maximum absolute atomic E-state index is 12.4. The van der Waals surface area contributed by atoms with Crippen LogP contribution in [0.1, 0.15) is 20.8 Å². The molecule has 0 spiro atoms. The van der Waals surface area contributed by atoms with Crippen molar-refractivity contribution in [3.8, 4) is 17.1 Å². The van der Waals surface area contributed by atoms with E-state index in [0.29, 0.717) is 17.0 Å². The van der Waals surface area contributed by atoms with Crippen molar-refractivity contribution < 1.29 is 9.53 Å². The van der Waals surface area contributed by atoms with Crippen LogP contribution in [-0.4, -0.2) is 45.9 Å². The summed E-state index contributed by atoms with van der Waals surface area (Å²) < 4.78 is 8.71. The van der Waals surface area contributed by atoms with Gasteiger partial charge in [-0.05, 0) is 50.6 Å². The minimum atomic E-state index is -0.595. The Morgan fingerprint density at radius 2 is 1.94 bits per heavy atom. The molecule has 0 unspecified atom stereocenters. The SMILES string of the molecule is CC(C)(C)OC(=O)Cn1cnc2c(-n3nc(-c4cccnc4)c4ccccc43)nc(Cl)nc21. The molecule has 0 saturated carbocycles. The van der Waals surface area contributed by atoms with E-state index < -0.39 is 11.6 Å². The third-order valence-electron chi connectivity index (χ3n) is 4.86. The van der Waals surface area contributed by atoms with Gasteiger partial charge < -0.3 is 9.30 Å². The molecule has 5 aromatic rings. The fraction of sp³-hybridized carbons (Fsp3) is 0.217. The van der Waals surface area contributed by atoms with Gasteiger partial charge in [-0.25, -0.2) is 9.67 Å². The summed E-state index contributed by atoms with van der Waals surface area (Å²) in [5.41, 5.74) is 2.75. The number of rotatable bonds is 4. The number of fused-ring (bicyclic) bond motifs is 2. The molecule has 166 valence electrons. The van der Waals surface area contributed by atoms with E-state index in [2.05, 4.69) is 19.9 Å². The number of esters is 1. The Bertz CT molecular complexity index is 1490. The number of halogens is 1. The number of para-hydroxylation sites is 1. The molecule has 0 atom stereocenters. The summed E-state index contributed by atoms with van der Waals surface area (Å²) in [6, 6.07) is 11.6. The number of hydrogen-bond acceptors (Lipinski definition) is 7. The van der Waals surface area contributed by atoms with Crippen molar-refractivity contribution in [1.82, 2.24) is 34.3 Å². The highest BCUT2D eigenvalue weighted by molar-refractivity contribution is 6.28. The van der Waals surface area contributed by atoms with Crippen molar-refractivity contribution in [2.45, 2.75) is 32.9 Å². The third-order valence-corrected chi connectivity index (χ3v) is 5.03. The van der Waals surface area contributed by atoms with E-state index in [9.17, 15) is 4.79 Å². The van der Waals surface area contributed by atoms with Gasteiger partial charge in [0.1, 0.15) is 17.8 Å². The predicted molar refractivity (Wildman–Crippen MR) is 124 cm³/mol. The molecule has 33 heavy (non-hydrogen) atoms. The summed E-state index contributed by atoms with van der Waals surface area (Å²) in [6.07, 6.45) is 5.00. The zero-order valence-corrected chi connectivity index (χ0v) is 19.0. The van der Waals surface area contributed by atoms with E-state index in [1.165, 1.54) is 6.33 Å². The minimum Gasteiger partial charge on any atom is -0.459 e. The molecule has 0 bridgehead atoms. The molecular weight excluding hydrogens is 442 g/mol. The highest BCUT2D eigenvalue weighted by atomic mass is 35.5. The zero-order chi connectivity index (χ0) is 23.2. The van der Waals surface area contributed by atoms with Gasteiger partial charge in [-0.1, -0.05) is 18.2 Å². The molecule has 0 aliphatic heterocycles. The van der Waals surface area contributed by atoms with Crippen molar-refractivity contribution in [1.29, 1.82) is 0 Å². The van der Waals surface area contributed by atoms with Crippen LogP contribution < -0.4 is 0 Å². The molecule has 10 heteroatoms. The molecule has 4 heterocycles. The summed E-state index contributed by atoms with van der Waals surface area (Å²) >= 11 is 6.29. The lowest BCUT2D eigenvalue weighted by molar-refractivity contribution is -0.155. The molecule has 0 aliphatic carbocycles. The molecule has 0 fully saturated rings. The van der Waals surface area contributed by atoms with Gasteiger partial charge in [0, 0.05) is 23.3 Å². The van der Waals surface area contributed by atoms with Gasteiger partial charge in [-0.3, -0.25) is 9.78 Å². The second-order valence-electron chi connectivity index (χ2n) is 8.47. The van der Waals surface area contributed by atoms with Crippen LogP contribution in [-0.2, 0) is 16.1 Å². The maximum atomic E-state index is 12.4. The normalized spacial score (nSPS) is 11.9. The van der Waals surface area contributed by atoms with Crippen molar-refractivity contribution in [3.05, 3.63) is 60.4 Å². The van der Waals surface area contributed by atoms with Gasteiger partial charge in [0.15, 0.2) is 17.0 Å². The summed E-state index contributed by atoms with van der Waals surface area (Å²) in [5.74, 6) is 0.0146. The maximum Gasteiger partial charge on any atom is 0.326 e. The number of carbonyl (C=O) groups excluding carboxylic acids is 1. The lowest BCUT2D eigenvalue weighted by atomic mass is 10.1. The fourth-order valence-electron chi connectivity index (χ4n) is 3.62. The van der Waals surface area contributed by atoms with Crippen molar-refractivity contribution in [2.24, 2.45) is 0 Å². The number of benzene rings is 1. The lowest BCUT2D eigenvalue weighted by Crippen LogP contribution is -2.26. The van der Waals surface area contributed by atoms with E-state index in [0.717, 1.165) is 22.2 Å². The summed E-state index contributed by atoms with van der Waals surface area (Å²) in [7, 11) is 0. The standard InChI is InChI=1S/C23H20ClN7O2/c1-23(2,3)33-17(32)12-30-13-26-19-20(30)27-22(24)28-21(19)31-16-9-5-4-8-15(16)18(29-31)14-7-6-10-25-11-14/h4-11,13H,12H2,1-3H3. The Hall–Kier alpha value is -3.85. The van der Waals surface area contributed by atoms with Crippen LogP contribution in [0.25, 0.3) is 39.1 Å². The first-order chi connectivity index (χ1) is 15.8. The zero-order valence-electron chi connectivity index (χ0n) is 18.2. The summed E-state index contributed by atoms with van der Waals surface area (Å²) in [6.45, 7) is 5.39. The van der Waals surface area contributed by atoms with Gasteiger partial charge in [0.2, 0.25) is 5.28 Å². The summed E-state index contributed by atoms with van der Waals surface area (Å²) in [5, 5.41) is 5.78. The highest BCUT2D eigenvalue weighted by Gasteiger charge is 2.22. The highest BCUT2D eigenvalue weighted by Crippen LogP contribution is 2.31. The van der Waals surface area contributed by atoms with Gasteiger partial charge in [-0.2, -0.15) is 15.1 Å². The smallest absolute Gasteiger partial charge is 0.326 e. The molecule has 0 N–H and O–H groups in total. The fourth-order valence-corrected chi connectivity index (χ4v) is 3.78. The molecule has 4 aromatic heterocycles. The Morgan fingerprint density at radius 3 is 2.70 bits per heavy atom. The number of pyridine rings is 1. The number of aromatic nitrogens is 7. The second-order valence-corrected chi connectivity index (χ2v) is 8.80. The molecule has 9 nitrogen and oxygen atoms in total. The van der Waals surface area contributed by atoms with Crippen molar-refractivity contribution >= 4 is 39.6 Å². The van der Waals surface area contributed by atoms with Gasteiger partial charge in [0.25, 0.3) is 0 Å². The first-order valence-corrected chi connectivity index (χ1v) is 10.7. The monoisotopic (exact) mass is 461 g/mol. The number of hydrogen-bond donors (Lipinski definition) is 0. The largest absolute Gasteiger partial charge is 0.459 e. The van der Waals surface area contributed by atoms with Crippen LogP contribution in [0.2, 0.25) is 5.28 Å². The molecule has 5 rings (SSSR count). The average molecular weight is 462 g/mol. The van der Waals surface area contributed by atoms with E-state index in [1.807, 2.05) is 57.2 Å². The van der Waals surface area contributed by atoms with Crippen LogP contribution >= 0.6 is 11.6 Å². The van der Waals surface area contributed by atoms with Crippen molar-refractivity contribution in [2.75, 3.05) is 0 Å².